The topological polar surface area (TPSA) is 48.7 Å². The van der Waals surface area contributed by atoms with Crippen molar-refractivity contribution in [2.75, 3.05) is 5.32 Å². The van der Waals surface area contributed by atoms with E-state index >= 15 is 0 Å². The number of anilines is 2. The van der Waals surface area contributed by atoms with Gasteiger partial charge in [-0.05, 0) is 36.4 Å². The molecule has 0 unspecified atom stereocenters. The van der Waals surface area contributed by atoms with Gasteiger partial charge >= 0.3 is 0 Å². The minimum atomic E-state index is 0.562. The molecule has 0 radical (unpaired) electrons. The van der Waals surface area contributed by atoms with Crippen LogP contribution in [0.2, 0.25) is 5.02 Å². The second-order valence-corrected chi connectivity index (χ2v) is 3.56. The molecule has 0 atom stereocenters. The minimum absolute atomic E-state index is 0.562. The number of nitriles is 1. The maximum atomic E-state index is 8.66. The molecule has 4 heteroatoms. The predicted octanol–water partition coefficient (Wildman–Crippen LogP) is 3.35. The van der Waals surface area contributed by atoms with E-state index in [4.69, 9.17) is 16.9 Å². The maximum Gasteiger partial charge on any atom is 0.149 e. The van der Waals surface area contributed by atoms with E-state index in [9.17, 15) is 0 Å². The lowest BCUT2D eigenvalue weighted by Gasteiger charge is -2.06. The molecular weight excluding hydrogens is 222 g/mol. The summed E-state index contributed by atoms with van der Waals surface area (Å²) in [6.45, 7) is 0. The number of nitrogens with one attached hydrogen (secondary N) is 1. The molecular formula is C12H8ClN3. The monoisotopic (exact) mass is 229 g/mol. The molecule has 1 aromatic carbocycles. The van der Waals surface area contributed by atoms with Crippen LogP contribution in [0.1, 0.15) is 5.56 Å². The third-order valence-corrected chi connectivity index (χ3v) is 2.34. The highest BCUT2D eigenvalue weighted by Gasteiger charge is 2.00. The summed E-state index contributed by atoms with van der Waals surface area (Å²) in [5, 5.41) is 12.3. The zero-order valence-electron chi connectivity index (χ0n) is 8.31. The van der Waals surface area contributed by atoms with Gasteiger partial charge in [-0.1, -0.05) is 11.6 Å². The summed E-state index contributed by atoms with van der Waals surface area (Å²) in [7, 11) is 0. The van der Waals surface area contributed by atoms with Crippen molar-refractivity contribution in [3.8, 4) is 6.07 Å². The van der Waals surface area contributed by atoms with Crippen LogP contribution < -0.4 is 5.32 Å². The lowest BCUT2D eigenvalue weighted by atomic mass is 10.2. The first-order valence-corrected chi connectivity index (χ1v) is 5.05. The number of hydrogen-bond donors (Lipinski definition) is 1. The fourth-order valence-electron chi connectivity index (χ4n) is 1.24. The second-order valence-electron chi connectivity index (χ2n) is 3.15. The van der Waals surface area contributed by atoms with Crippen molar-refractivity contribution in [1.82, 2.24) is 4.98 Å². The fraction of sp³-hybridized carbons (Fsp3) is 0. The number of hydrogen-bond acceptors (Lipinski definition) is 3. The van der Waals surface area contributed by atoms with E-state index in [-0.39, 0.29) is 0 Å². The fourth-order valence-corrected chi connectivity index (χ4v) is 1.41. The van der Waals surface area contributed by atoms with Crippen LogP contribution in [-0.4, -0.2) is 4.98 Å². The van der Waals surface area contributed by atoms with Crippen molar-refractivity contribution in [2.45, 2.75) is 0 Å². The lowest BCUT2D eigenvalue weighted by Crippen LogP contribution is -1.93. The lowest BCUT2D eigenvalue weighted by molar-refractivity contribution is 1.31. The number of halogens is 1. The molecule has 1 aromatic heterocycles. The molecule has 0 aliphatic rings. The highest BCUT2D eigenvalue weighted by atomic mass is 35.5. The van der Waals surface area contributed by atoms with Gasteiger partial charge in [0.25, 0.3) is 0 Å². The van der Waals surface area contributed by atoms with E-state index in [1.54, 1.807) is 30.5 Å². The van der Waals surface area contributed by atoms with Crippen LogP contribution in [0.3, 0.4) is 0 Å². The summed E-state index contributed by atoms with van der Waals surface area (Å²) in [4.78, 5) is 4.11. The SMILES string of the molecule is N#Cc1ccc(Nc2ncccc2Cl)cc1. The number of rotatable bonds is 2. The molecule has 78 valence electrons. The van der Waals surface area contributed by atoms with E-state index in [0.29, 0.717) is 16.4 Å². The summed E-state index contributed by atoms with van der Waals surface area (Å²) < 4.78 is 0. The average Bonchev–Trinajstić information content (AvgIpc) is 2.33. The Morgan fingerprint density at radius 1 is 1.19 bits per heavy atom. The standard InChI is InChI=1S/C12H8ClN3/c13-11-2-1-7-15-12(11)16-10-5-3-9(8-14)4-6-10/h1-7H,(H,15,16). The first kappa shape index (κ1) is 10.5. The molecule has 0 saturated carbocycles. The summed E-state index contributed by atoms with van der Waals surface area (Å²) in [5.41, 5.74) is 1.47. The van der Waals surface area contributed by atoms with Crippen molar-refractivity contribution < 1.29 is 0 Å². The van der Waals surface area contributed by atoms with Crippen molar-refractivity contribution >= 4 is 23.1 Å². The molecule has 0 bridgehead atoms. The molecule has 2 rings (SSSR count). The summed E-state index contributed by atoms with van der Waals surface area (Å²) in [5.74, 6) is 0.605. The Labute approximate surface area is 98.3 Å². The van der Waals surface area contributed by atoms with Gasteiger partial charge < -0.3 is 5.32 Å². The van der Waals surface area contributed by atoms with Crippen LogP contribution in [0.4, 0.5) is 11.5 Å². The first-order chi connectivity index (χ1) is 7.79. The van der Waals surface area contributed by atoms with Gasteiger partial charge in [-0.25, -0.2) is 4.98 Å². The van der Waals surface area contributed by atoms with Crippen molar-refractivity contribution in [3.63, 3.8) is 0 Å². The zero-order valence-corrected chi connectivity index (χ0v) is 9.07. The molecule has 1 heterocycles. The molecule has 0 spiro atoms. The van der Waals surface area contributed by atoms with Gasteiger partial charge in [0.15, 0.2) is 0 Å². The summed E-state index contributed by atoms with van der Waals surface area (Å²) in [6.07, 6.45) is 1.66. The Kier molecular flexibility index (Phi) is 3.04. The van der Waals surface area contributed by atoms with E-state index in [1.165, 1.54) is 0 Å². The Morgan fingerprint density at radius 2 is 1.94 bits per heavy atom. The van der Waals surface area contributed by atoms with E-state index in [0.717, 1.165) is 5.69 Å². The molecule has 2 aromatic rings. The van der Waals surface area contributed by atoms with E-state index < -0.39 is 0 Å². The van der Waals surface area contributed by atoms with Gasteiger partial charge in [0, 0.05) is 11.9 Å². The highest BCUT2D eigenvalue weighted by Crippen LogP contribution is 2.22. The molecule has 0 amide bonds. The van der Waals surface area contributed by atoms with Gasteiger partial charge in [-0.3, -0.25) is 0 Å². The summed E-state index contributed by atoms with van der Waals surface area (Å²) >= 11 is 5.96. The average molecular weight is 230 g/mol. The third-order valence-electron chi connectivity index (χ3n) is 2.04. The van der Waals surface area contributed by atoms with Crippen LogP contribution in [0.15, 0.2) is 42.6 Å². The molecule has 0 aliphatic heterocycles. The van der Waals surface area contributed by atoms with Gasteiger partial charge in [0.2, 0.25) is 0 Å². The van der Waals surface area contributed by atoms with Crippen LogP contribution in [0.25, 0.3) is 0 Å². The number of aromatic nitrogens is 1. The van der Waals surface area contributed by atoms with Crippen molar-refractivity contribution in [3.05, 3.63) is 53.2 Å². The zero-order chi connectivity index (χ0) is 11.4. The smallest absolute Gasteiger partial charge is 0.149 e. The number of pyridine rings is 1. The van der Waals surface area contributed by atoms with Gasteiger partial charge in [0.1, 0.15) is 5.82 Å². The van der Waals surface area contributed by atoms with Gasteiger partial charge in [-0.15, -0.1) is 0 Å². The van der Waals surface area contributed by atoms with Crippen LogP contribution >= 0.6 is 11.6 Å². The van der Waals surface area contributed by atoms with Crippen molar-refractivity contribution in [1.29, 1.82) is 5.26 Å². The Bertz CT molecular complexity index is 529. The van der Waals surface area contributed by atoms with Crippen molar-refractivity contribution in [2.24, 2.45) is 0 Å². The number of nitrogens with zero attached hydrogens (tertiary/aromatic N) is 2. The second kappa shape index (κ2) is 4.65. The molecule has 0 aliphatic carbocycles. The highest BCUT2D eigenvalue weighted by molar-refractivity contribution is 6.33. The Morgan fingerprint density at radius 3 is 2.56 bits per heavy atom. The van der Waals surface area contributed by atoms with Crippen LogP contribution in [-0.2, 0) is 0 Å². The third kappa shape index (κ3) is 2.30. The van der Waals surface area contributed by atoms with Crippen LogP contribution in [0, 0.1) is 11.3 Å². The van der Waals surface area contributed by atoms with Crippen LogP contribution in [0.5, 0.6) is 0 Å². The Balaban J connectivity index is 2.22. The van der Waals surface area contributed by atoms with Gasteiger partial charge in [-0.2, -0.15) is 5.26 Å². The molecule has 1 N–H and O–H groups in total. The normalized spacial score (nSPS) is 9.50. The van der Waals surface area contributed by atoms with Gasteiger partial charge in [0.05, 0.1) is 16.7 Å². The maximum absolute atomic E-state index is 8.66. The quantitative estimate of drug-likeness (QED) is 0.859. The summed E-state index contributed by atoms with van der Waals surface area (Å²) in [6, 6.07) is 12.7. The molecule has 0 saturated heterocycles. The van der Waals surface area contributed by atoms with E-state index in [1.807, 2.05) is 12.1 Å². The van der Waals surface area contributed by atoms with E-state index in [2.05, 4.69) is 16.4 Å². The minimum Gasteiger partial charge on any atom is -0.339 e. The first-order valence-electron chi connectivity index (χ1n) is 4.67. The largest absolute Gasteiger partial charge is 0.339 e. The predicted molar refractivity (Wildman–Crippen MR) is 63.7 cm³/mol. The number of benzene rings is 1. The Hall–Kier alpha value is -2.05. The molecule has 16 heavy (non-hydrogen) atoms. The molecule has 3 nitrogen and oxygen atoms in total. The molecule has 0 fully saturated rings.